The molecular formula is C19H18N4O. The lowest BCUT2D eigenvalue weighted by Gasteiger charge is -2.01. The lowest BCUT2D eigenvalue weighted by atomic mass is 10.2. The van der Waals surface area contributed by atoms with E-state index in [0.717, 1.165) is 17.7 Å². The second kappa shape index (κ2) is 7.87. The van der Waals surface area contributed by atoms with Gasteiger partial charge in [0.15, 0.2) is 0 Å². The van der Waals surface area contributed by atoms with Gasteiger partial charge >= 0.3 is 0 Å². The number of carbonyl (C=O) groups is 1. The van der Waals surface area contributed by atoms with E-state index in [1.165, 1.54) is 11.6 Å². The average Bonchev–Trinajstić information content (AvgIpc) is 3.07. The molecule has 5 heteroatoms. The number of hydrogen-bond acceptors (Lipinski definition) is 3. The molecule has 0 unspecified atom stereocenters. The van der Waals surface area contributed by atoms with E-state index in [9.17, 15) is 4.79 Å². The Morgan fingerprint density at radius 1 is 1.08 bits per heavy atom. The normalized spacial score (nSPS) is 10.8. The van der Waals surface area contributed by atoms with Crippen LogP contribution in [0.3, 0.4) is 0 Å². The summed E-state index contributed by atoms with van der Waals surface area (Å²) in [5.74, 6) is -0.136. The molecule has 120 valence electrons. The molecule has 1 aromatic carbocycles. The summed E-state index contributed by atoms with van der Waals surface area (Å²) in [6.45, 7) is 1.17. The largest absolute Gasteiger partial charge is 0.348 e. The molecule has 5 nitrogen and oxygen atoms in total. The SMILES string of the molecule is O=C(C=Cc1ccncc1)NCc1cnn(Cc2ccccc2)c1. The fourth-order valence-electron chi connectivity index (χ4n) is 2.25. The fourth-order valence-corrected chi connectivity index (χ4v) is 2.25. The Bertz CT molecular complexity index is 810. The first kappa shape index (κ1) is 15.7. The summed E-state index contributed by atoms with van der Waals surface area (Å²) in [6, 6.07) is 13.8. The minimum Gasteiger partial charge on any atom is -0.348 e. The summed E-state index contributed by atoms with van der Waals surface area (Å²) >= 11 is 0. The van der Waals surface area contributed by atoms with Crippen molar-refractivity contribution in [1.82, 2.24) is 20.1 Å². The van der Waals surface area contributed by atoms with Crippen molar-refractivity contribution in [3.63, 3.8) is 0 Å². The van der Waals surface area contributed by atoms with E-state index in [1.807, 2.05) is 41.2 Å². The van der Waals surface area contributed by atoms with E-state index in [2.05, 4.69) is 27.5 Å². The lowest BCUT2D eigenvalue weighted by molar-refractivity contribution is -0.116. The van der Waals surface area contributed by atoms with Crippen molar-refractivity contribution in [1.29, 1.82) is 0 Å². The summed E-state index contributed by atoms with van der Waals surface area (Å²) in [4.78, 5) is 15.8. The Morgan fingerprint density at radius 2 is 1.88 bits per heavy atom. The fraction of sp³-hybridized carbons (Fsp3) is 0.105. The molecule has 24 heavy (non-hydrogen) atoms. The number of carbonyl (C=O) groups excluding carboxylic acids is 1. The molecule has 3 aromatic rings. The van der Waals surface area contributed by atoms with Crippen molar-refractivity contribution < 1.29 is 4.79 Å². The quantitative estimate of drug-likeness (QED) is 0.711. The number of nitrogens with zero attached hydrogens (tertiary/aromatic N) is 3. The summed E-state index contributed by atoms with van der Waals surface area (Å²) in [5.41, 5.74) is 3.10. The zero-order chi connectivity index (χ0) is 16.6. The summed E-state index contributed by atoms with van der Waals surface area (Å²) in [7, 11) is 0. The van der Waals surface area contributed by atoms with Gasteiger partial charge in [-0.05, 0) is 29.3 Å². The second-order valence-corrected chi connectivity index (χ2v) is 5.36. The standard InChI is InChI=1S/C19H18N4O/c24-19(7-6-16-8-10-20-11-9-16)21-12-18-13-22-23(15-18)14-17-4-2-1-3-5-17/h1-11,13,15H,12,14H2,(H,21,24). The maximum Gasteiger partial charge on any atom is 0.244 e. The number of aromatic nitrogens is 3. The van der Waals surface area contributed by atoms with E-state index in [-0.39, 0.29) is 5.91 Å². The van der Waals surface area contributed by atoms with Gasteiger partial charge in [-0.15, -0.1) is 0 Å². The second-order valence-electron chi connectivity index (χ2n) is 5.36. The first-order chi connectivity index (χ1) is 11.8. The Labute approximate surface area is 140 Å². The lowest BCUT2D eigenvalue weighted by Crippen LogP contribution is -2.19. The maximum atomic E-state index is 11.8. The first-order valence-corrected chi connectivity index (χ1v) is 7.71. The predicted octanol–water partition coefficient (Wildman–Crippen LogP) is 2.66. The Kier molecular flexibility index (Phi) is 5.14. The molecule has 3 rings (SSSR count). The van der Waals surface area contributed by atoms with Crippen LogP contribution in [0.1, 0.15) is 16.7 Å². The van der Waals surface area contributed by atoms with Crippen molar-refractivity contribution in [2.75, 3.05) is 0 Å². The Balaban J connectivity index is 1.50. The van der Waals surface area contributed by atoms with Crippen LogP contribution in [-0.4, -0.2) is 20.7 Å². The Morgan fingerprint density at radius 3 is 2.67 bits per heavy atom. The van der Waals surface area contributed by atoms with Gasteiger partial charge in [-0.25, -0.2) is 0 Å². The molecule has 0 saturated carbocycles. The van der Waals surface area contributed by atoms with Crippen molar-refractivity contribution >= 4 is 12.0 Å². The van der Waals surface area contributed by atoms with Gasteiger partial charge in [-0.3, -0.25) is 14.5 Å². The van der Waals surface area contributed by atoms with Gasteiger partial charge in [0.1, 0.15) is 0 Å². The summed E-state index contributed by atoms with van der Waals surface area (Å²) < 4.78 is 1.86. The molecule has 2 heterocycles. The highest BCUT2D eigenvalue weighted by Crippen LogP contribution is 2.04. The van der Waals surface area contributed by atoms with Crippen molar-refractivity contribution in [2.45, 2.75) is 13.1 Å². The van der Waals surface area contributed by atoms with Gasteiger partial charge in [0, 0.05) is 36.8 Å². The van der Waals surface area contributed by atoms with E-state index in [4.69, 9.17) is 0 Å². The highest BCUT2D eigenvalue weighted by atomic mass is 16.1. The molecule has 0 fully saturated rings. The van der Waals surface area contributed by atoms with Gasteiger partial charge in [0.2, 0.25) is 5.91 Å². The van der Waals surface area contributed by atoms with E-state index >= 15 is 0 Å². The van der Waals surface area contributed by atoms with E-state index < -0.39 is 0 Å². The number of pyridine rings is 1. The van der Waals surface area contributed by atoms with Gasteiger partial charge in [-0.2, -0.15) is 5.10 Å². The molecule has 0 radical (unpaired) electrons. The molecule has 0 spiro atoms. The number of hydrogen-bond donors (Lipinski definition) is 1. The number of nitrogens with one attached hydrogen (secondary N) is 1. The van der Waals surface area contributed by atoms with Crippen LogP contribution in [0.15, 0.2) is 73.3 Å². The number of amides is 1. The van der Waals surface area contributed by atoms with Crippen LogP contribution in [0.2, 0.25) is 0 Å². The molecule has 0 saturated heterocycles. The first-order valence-electron chi connectivity index (χ1n) is 7.71. The van der Waals surface area contributed by atoms with Crippen LogP contribution in [0.4, 0.5) is 0 Å². The molecule has 0 atom stereocenters. The van der Waals surface area contributed by atoms with Crippen LogP contribution in [0, 0.1) is 0 Å². The minimum absolute atomic E-state index is 0.136. The van der Waals surface area contributed by atoms with Crippen molar-refractivity contribution in [2.24, 2.45) is 0 Å². The Hall–Kier alpha value is -3.21. The third kappa shape index (κ3) is 4.64. The van der Waals surface area contributed by atoms with E-state index in [1.54, 1.807) is 24.7 Å². The van der Waals surface area contributed by atoms with Gasteiger partial charge in [-0.1, -0.05) is 30.3 Å². The highest BCUT2D eigenvalue weighted by Gasteiger charge is 2.01. The summed E-state index contributed by atoms with van der Waals surface area (Å²) in [5, 5.41) is 7.18. The van der Waals surface area contributed by atoms with E-state index in [0.29, 0.717) is 6.54 Å². The van der Waals surface area contributed by atoms with Gasteiger partial charge in [0.05, 0.1) is 12.7 Å². The van der Waals surface area contributed by atoms with Crippen molar-refractivity contribution in [3.8, 4) is 0 Å². The topological polar surface area (TPSA) is 59.8 Å². The summed E-state index contributed by atoms with van der Waals surface area (Å²) in [6.07, 6.45) is 10.4. The smallest absolute Gasteiger partial charge is 0.244 e. The molecule has 0 aliphatic carbocycles. The predicted molar refractivity (Wildman–Crippen MR) is 92.9 cm³/mol. The monoisotopic (exact) mass is 318 g/mol. The van der Waals surface area contributed by atoms with Crippen LogP contribution < -0.4 is 5.32 Å². The van der Waals surface area contributed by atoms with Crippen LogP contribution in [-0.2, 0) is 17.9 Å². The third-order valence-corrected chi connectivity index (χ3v) is 3.47. The van der Waals surface area contributed by atoms with Gasteiger partial charge < -0.3 is 5.32 Å². The molecule has 1 amide bonds. The average molecular weight is 318 g/mol. The molecule has 0 bridgehead atoms. The number of benzene rings is 1. The van der Waals surface area contributed by atoms with Gasteiger partial charge in [0.25, 0.3) is 0 Å². The zero-order valence-corrected chi connectivity index (χ0v) is 13.2. The van der Waals surface area contributed by atoms with Crippen LogP contribution >= 0.6 is 0 Å². The van der Waals surface area contributed by atoms with Crippen molar-refractivity contribution in [3.05, 3.63) is 90.0 Å². The van der Waals surface area contributed by atoms with Crippen LogP contribution in [0.5, 0.6) is 0 Å². The molecule has 0 aliphatic heterocycles. The highest BCUT2D eigenvalue weighted by molar-refractivity contribution is 5.91. The maximum absolute atomic E-state index is 11.8. The zero-order valence-electron chi connectivity index (χ0n) is 13.2. The molecule has 2 aromatic heterocycles. The minimum atomic E-state index is -0.136. The molecule has 0 aliphatic rings. The molecular weight excluding hydrogens is 300 g/mol. The van der Waals surface area contributed by atoms with Crippen LogP contribution in [0.25, 0.3) is 6.08 Å². The number of rotatable bonds is 6. The third-order valence-electron chi connectivity index (χ3n) is 3.47. The molecule has 1 N–H and O–H groups in total.